The van der Waals surface area contributed by atoms with Crippen LogP contribution in [-0.2, 0) is 0 Å². The number of thiophene rings is 1. The average molecular weight is 365 g/mol. The van der Waals surface area contributed by atoms with E-state index in [2.05, 4.69) is 26.2 Å². The van der Waals surface area contributed by atoms with Gasteiger partial charge >= 0.3 is 0 Å². The van der Waals surface area contributed by atoms with Crippen LogP contribution in [0.25, 0.3) is 10.6 Å². The number of carbonyl (C=O) groups is 1. The molecular weight excluding hydrogens is 356 g/mol. The highest BCUT2D eigenvalue weighted by Crippen LogP contribution is 2.24. The second kappa shape index (κ2) is 5.87. The van der Waals surface area contributed by atoms with Crippen molar-refractivity contribution in [2.24, 2.45) is 0 Å². The van der Waals surface area contributed by atoms with E-state index in [9.17, 15) is 4.79 Å². The third-order valence-electron chi connectivity index (χ3n) is 2.65. The summed E-state index contributed by atoms with van der Waals surface area (Å²) in [5.41, 5.74) is 2.49. The highest BCUT2D eigenvalue weighted by atomic mass is 79.9. The molecule has 6 heteroatoms. The molecule has 20 heavy (non-hydrogen) atoms. The van der Waals surface area contributed by atoms with Crippen molar-refractivity contribution in [2.75, 3.05) is 5.32 Å². The van der Waals surface area contributed by atoms with E-state index < -0.39 is 0 Å². The molecule has 0 atom stereocenters. The van der Waals surface area contributed by atoms with Crippen LogP contribution in [0.2, 0.25) is 0 Å². The van der Waals surface area contributed by atoms with Crippen LogP contribution in [0.4, 0.5) is 5.69 Å². The van der Waals surface area contributed by atoms with Gasteiger partial charge in [-0.05, 0) is 46.3 Å². The molecule has 3 aromatic rings. The Morgan fingerprint density at radius 3 is 2.60 bits per heavy atom. The minimum atomic E-state index is -0.103. The predicted molar refractivity (Wildman–Crippen MR) is 87.5 cm³/mol. The van der Waals surface area contributed by atoms with E-state index in [0.717, 1.165) is 20.0 Å². The van der Waals surface area contributed by atoms with E-state index in [1.807, 2.05) is 41.1 Å². The zero-order chi connectivity index (χ0) is 13.9. The van der Waals surface area contributed by atoms with Crippen LogP contribution in [-0.4, -0.2) is 10.9 Å². The second-order valence-electron chi connectivity index (χ2n) is 4.01. The van der Waals surface area contributed by atoms with Crippen molar-refractivity contribution in [1.29, 1.82) is 0 Å². The molecule has 0 unspecified atom stereocenters. The summed E-state index contributed by atoms with van der Waals surface area (Å²) in [5.74, 6) is -0.103. The standard InChI is InChI=1S/C14H9BrN2OS2/c15-12-7-10(8-20-12)13(18)17-11-3-1-9(2-4-11)14-16-5-6-19-14/h1-8H,(H,17,18). The number of benzene rings is 1. The van der Waals surface area contributed by atoms with Crippen molar-refractivity contribution < 1.29 is 4.79 Å². The highest BCUT2D eigenvalue weighted by Gasteiger charge is 2.08. The maximum atomic E-state index is 12.0. The Labute approximate surface area is 132 Å². The van der Waals surface area contributed by atoms with Gasteiger partial charge in [-0.3, -0.25) is 4.79 Å². The Hall–Kier alpha value is -1.50. The molecule has 1 amide bonds. The number of nitrogens with one attached hydrogen (secondary N) is 1. The largest absolute Gasteiger partial charge is 0.322 e. The number of nitrogens with zero attached hydrogens (tertiary/aromatic N) is 1. The quantitative estimate of drug-likeness (QED) is 0.718. The number of aromatic nitrogens is 1. The number of halogens is 1. The zero-order valence-electron chi connectivity index (χ0n) is 10.2. The lowest BCUT2D eigenvalue weighted by Crippen LogP contribution is -2.10. The molecule has 2 aromatic heterocycles. The molecule has 0 spiro atoms. The summed E-state index contributed by atoms with van der Waals surface area (Å²) in [6.45, 7) is 0. The molecule has 100 valence electrons. The maximum Gasteiger partial charge on any atom is 0.256 e. The van der Waals surface area contributed by atoms with E-state index in [4.69, 9.17) is 0 Å². The lowest BCUT2D eigenvalue weighted by Gasteiger charge is -2.04. The smallest absolute Gasteiger partial charge is 0.256 e. The lowest BCUT2D eigenvalue weighted by atomic mass is 10.2. The second-order valence-corrected chi connectivity index (χ2v) is 7.19. The molecule has 0 aliphatic heterocycles. The molecule has 2 heterocycles. The van der Waals surface area contributed by atoms with Crippen molar-refractivity contribution in [2.45, 2.75) is 0 Å². The maximum absolute atomic E-state index is 12.0. The highest BCUT2D eigenvalue weighted by molar-refractivity contribution is 9.11. The van der Waals surface area contributed by atoms with Crippen LogP contribution in [0.5, 0.6) is 0 Å². The molecule has 1 aromatic carbocycles. The summed E-state index contributed by atoms with van der Waals surface area (Å²) in [5, 5.41) is 7.62. The fourth-order valence-electron chi connectivity index (χ4n) is 1.69. The lowest BCUT2D eigenvalue weighted by molar-refractivity contribution is 0.102. The minimum Gasteiger partial charge on any atom is -0.322 e. The minimum absolute atomic E-state index is 0.103. The van der Waals surface area contributed by atoms with Crippen LogP contribution in [0.1, 0.15) is 10.4 Å². The zero-order valence-corrected chi connectivity index (χ0v) is 13.4. The molecule has 3 nitrogen and oxygen atoms in total. The number of rotatable bonds is 3. The number of amides is 1. The summed E-state index contributed by atoms with van der Waals surface area (Å²) in [7, 11) is 0. The van der Waals surface area contributed by atoms with Gasteiger partial charge in [0.25, 0.3) is 5.91 Å². The first kappa shape index (κ1) is 13.5. The van der Waals surface area contributed by atoms with E-state index >= 15 is 0 Å². The van der Waals surface area contributed by atoms with Gasteiger partial charge in [-0.25, -0.2) is 4.98 Å². The number of anilines is 1. The summed E-state index contributed by atoms with van der Waals surface area (Å²) in [6, 6.07) is 9.49. The summed E-state index contributed by atoms with van der Waals surface area (Å²) in [6.07, 6.45) is 1.78. The molecule has 0 saturated heterocycles. The first-order valence-corrected chi connectivity index (χ1v) is 8.33. The fraction of sp³-hybridized carbons (Fsp3) is 0. The van der Waals surface area contributed by atoms with Gasteiger partial charge in [-0.2, -0.15) is 0 Å². The van der Waals surface area contributed by atoms with Crippen LogP contribution < -0.4 is 5.32 Å². The third-order valence-corrected chi connectivity index (χ3v) is 4.98. The number of hydrogen-bond donors (Lipinski definition) is 1. The van der Waals surface area contributed by atoms with Crippen molar-refractivity contribution >= 4 is 50.2 Å². The van der Waals surface area contributed by atoms with Gasteiger partial charge in [0, 0.05) is 28.2 Å². The van der Waals surface area contributed by atoms with Gasteiger partial charge < -0.3 is 5.32 Å². The number of carbonyl (C=O) groups excluding carboxylic acids is 1. The molecule has 0 fully saturated rings. The van der Waals surface area contributed by atoms with Crippen LogP contribution in [0, 0.1) is 0 Å². The van der Waals surface area contributed by atoms with E-state index in [1.165, 1.54) is 11.3 Å². The van der Waals surface area contributed by atoms with Gasteiger partial charge in [0.1, 0.15) is 5.01 Å². The SMILES string of the molecule is O=C(Nc1ccc(-c2nccs2)cc1)c1csc(Br)c1. The Morgan fingerprint density at radius 2 is 2.00 bits per heavy atom. The Bertz CT molecular complexity index is 720. The Kier molecular flexibility index (Phi) is 3.95. The van der Waals surface area contributed by atoms with Gasteiger partial charge in [0.15, 0.2) is 0 Å². The van der Waals surface area contributed by atoms with Crippen LogP contribution in [0.3, 0.4) is 0 Å². The topological polar surface area (TPSA) is 42.0 Å². The van der Waals surface area contributed by atoms with Gasteiger partial charge in [-0.1, -0.05) is 0 Å². The van der Waals surface area contributed by atoms with Gasteiger partial charge in [0.2, 0.25) is 0 Å². The van der Waals surface area contributed by atoms with E-state index in [-0.39, 0.29) is 5.91 Å². The van der Waals surface area contributed by atoms with E-state index in [1.54, 1.807) is 17.5 Å². The summed E-state index contributed by atoms with van der Waals surface area (Å²) >= 11 is 6.44. The van der Waals surface area contributed by atoms with Gasteiger partial charge in [-0.15, -0.1) is 22.7 Å². The molecule has 0 aliphatic carbocycles. The van der Waals surface area contributed by atoms with Crippen LogP contribution in [0.15, 0.2) is 51.1 Å². The number of hydrogen-bond acceptors (Lipinski definition) is 4. The van der Waals surface area contributed by atoms with E-state index in [0.29, 0.717) is 5.56 Å². The van der Waals surface area contributed by atoms with Crippen molar-refractivity contribution in [1.82, 2.24) is 4.98 Å². The Balaban J connectivity index is 1.74. The van der Waals surface area contributed by atoms with Crippen molar-refractivity contribution in [3.8, 4) is 10.6 Å². The summed E-state index contributed by atoms with van der Waals surface area (Å²) in [4.78, 5) is 16.3. The first-order chi connectivity index (χ1) is 9.72. The fourth-order valence-corrected chi connectivity index (χ4v) is 3.48. The number of thiazole rings is 1. The summed E-state index contributed by atoms with van der Waals surface area (Å²) < 4.78 is 0.946. The van der Waals surface area contributed by atoms with Gasteiger partial charge in [0.05, 0.1) is 9.35 Å². The Morgan fingerprint density at radius 1 is 1.20 bits per heavy atom. The molecular formula is C14H9BrN2OS2. The molecule has 0 saturated carbocycles. The predicted octanol–water partition coefficient (Wildman–Crippen LogP) is 4.89. The molecule has 1 N–H and O–H groups in total. The van der Waals surface area contributed by atoms with Crippen molar-refractivity contribution in [3.63, 3.8) is 0 Å². The monoisotopic (exact) mass is 364 g/mol. The molecule has 0 bridgehead atoms. The average Bonchev–Trinajstić information content (AvgIpc) is 3.10. The van der Waals surface area contributed by atoms with Crippen molar-refractivity contribution in [3.05, 3.63) is 56.6 Å². The first-order valence-electron chi connectivity index (χ1n) is 5.78. The molecule has 3 rings (SSSR count). The molecule has 0 radical (unpaired) electrons. The van der Waals surface area contributed by atoms with Crippen LogP contribution >= 0.6 is 38.6 Å². The third kappa shape index (κ3) is 2.98. The normalized spacial score (nSPS) is 10.4. The molecule has 0 aliphatic rings.